The Kier molecular flexibility index (Phi) is 10.9. The predicted molar refractivity (Wildman–Crippen MR) is 71.3 cm³/mol. The summed E-state index contributed by atoms with van der Waals surface area (Å²) in [7, 11) is 1.94. The Morgan fingerprint density at radius 3 is 2.80 bits per heavy atom. The average Bonchev–Trinajstić information content (AvgIpc) is 2.26. The van der Waals surface area contributed by atoms with Crippen LogP contribution in [0, 0.1) is 0 Å². The number of hydrogen-bond donors (Lipinski definition) is 2. The number of nitrogens with one attached hydrogen (secondary N) is 2. The van der Waals surface area contributed by atoms with Gasteiger partial charge in [-0.25, -0.2) is 0 Å². The van der Waals surface area contributed by atoms with E-state index < -0.39 is 0 Å². The number of likely N-dealkylation sites (N-methyl/N-ethyl adjacent to an activating group) is 1. The summed E-state index contributed by atoms with van der Waals surface area (Å²) < 4.78 is 0. The quantitative estimate of drug-likeness (QED) is 0.453. The van der Waals surface area contributed by atoms with Crippen molar-refractivity contribution >= 4 is 24.7 Å². The highest BCUT2D eigenvalue weighted by molar-refractivity contribution is 8.03. The molecule has 0 bridgehead atoms. The summed E-state index contributed by atoms with van der Waals surface area (Å²) in [4.78, 5) is 9.00. The largest absolute Gasteiger partial charge is 0.318 e. The van der Waals surface area contributed by atoms with Crippen LogP contribution in [0.25, 0.3) is 0 Å². The molecule has 0 fully saturated rings. The van der Waals surface area contributed by atoms with Crippen molar-refractivity contribution in [3.63, 3.8) is 0 Å². The van der Waals surface area contributed by atoms with E-state index in [1.807, 2.05) is 19.5 Å². The Morgan fingerprint density at radius 1 is 1.40 bits per heavy atom. The molecule has 0 atom stereocenters. The summed E-state index contributed by atoms with van der Waals surface area (Å²) in [5, 5.41) is 6.34. The Bertz CT molecular complexity index is 213. The topological polar surface area (TPSA) is 48.8 Å². The molecule has 0 aromatic rings. The van der Waals surface area contributed by atoms with Crippen LogP contribution in [0.5, 0.6) is 0 Å². The van der Waals surface area contributed by atoms with Crippen molar-refractivity contribution in [1.82, 2.24) is 10.6 Å². The van der Waals surface area contributed by atoms with Crippen molar-refractivity contribution < 1.29 is 0 Å². The zero-order valence-electron chi connectivity index (χ0n) is 9.49. The summed E-state index contributed by atoms with van der Waals surface area (Å²) in [5.41, 5.74) is 0. The van der Waals surface area contributed by atoms with E-state index >= 15 is 0 Å². The number of hydrogen-bond acceptors (Lipinski definition) is 5. The summed E-state index contributed by atoms with van der Waals surface area (Å²) in [5.74, 6) is 0. The maximum absolute atomic E-state index is 4.27. The fourth-order valence-electron chi connectivity index (χ4n) is 0.865. The molecule has 2 N–H and O–H groups in total. The number of aliphatic imine (C=N–C) groups is 2. The Morgan fingerprint density at radius 2 is 2.20 bits per heavy atom. The number of thioether (sulfide) groups is 1. The second-order valence-corrected chi connectivity index (χ2v) is 3.69. The molecule has 0 saturated carbocycles. The number of nitrogens with zero attached hydrogens (tertiary/aromatic N) is 2. The fraction of sp³-hybridized carbons (Fsp3) is 0.600. The summed E-state index contributed by atoms with van der Waals surface area (Å²) in [6.45, 7) is 7.06. The van der Waals surface area contributed by atoms with Gasteiger partial charge in [0.25, 0.3) is 0 Å². The minimum absolute atomic E-state index is 0.790. The molecule has 15 heavy (non-hydrogen) atoms. The molecule has 0 aromatic heterocycles. The van der Waals surface area contributed by atoms with Crippen molar-refractivity contribution in [2.45, 2.75) is 0 Å². The zero-order valence-corrected chi connectivity index (χ0v) is 10.3. The van der Waals surface area contributed by atoms with Crippen LogP contribution in [0.15, 0.2) is 21.1 Å². The molecule has 0 radical (unpaired) electrons. The van der Waals surface area contributed by atoms with Crippen LogP contribution in [0.1, 0.15) is 0 Å². The van der Waals surface area contributed by atoms with Crippen LogP contribution < -0.4 is 10.6 Å². The SMILES string of the molecule is C=N/C=C(\C=NCCNCCNC)SC. The molecule has 0 aliphatic carbocycles. The van der Waals surface area contributed by atoms with Crippen LogP contribution in [-0.2, 0) is 0 Å². The molecule has 0 amide bonds. The summed E-state index contributed by atoms with van der Waals surface area (Å²) >= 11 is 1.61. The third-order valence-electron chi connectivity index (χ3n) is 1.64. The minimum Gasteiger partial charge on any atom is -0.318 e. The van der Waals surface area contributed by atoms with E-state index in [9.17, 15) is 0 Å². The Hall–Kier alpha value is -0.650. The monoisotopic (exact) mass is 228 g/mol. The average molecular weight is 228 g/mol. The lowest BCUT2D eigenvalue weighted by atomic mass is 10.5. The van der Waals surface area contributed by atoms with Crippen molar-refractivity contribution in [3.8, 4) is 0 Å². The molecule has 0 unspecified atom stereocenters. The molecular weight excluding hydrogens is 208 g/mol. The highest BCUT2D eigenvalue weighted by atomic mass is 32.2. The third kappa shape index (κ3) is 9.65. The van der Waals surface area contributed by atoms with Crippen LogP contribution >= 0.6 is 11.8 Å². The maximum atomic E-state index is 4.27. The van der Waals surface area contributed by atoms with E-state index in [-0.39, 0.29) is 0 Å². The van der Waals surface area contributed by atoms with E-state index in [1.54, 1.807) is 18.0 Å². The molecule has 0 aliphatic heterocycles. The second-order valence-electron chi connectivity index (χ2n) is 2.81. The normalized spacial score (nSPS) is 12.3. The lowest BCUT2D eigenvalue weighted by Gasteiger charge is -2.00. The van der Waals surface area contributed by atoms with Gasteiger partial charge in [-0.05, 0) is 20.0 Å². The number of allylic oxidation sites excluding steroid dienone is 1. The van der Waals surface area contributed by atoms with Gasteiger partial charge in [-0.3, -0.25) is 9.98 Å². The van der Waals surface area contributed by atoms with E-state index in [1.165, 1.54) is 0 Å². The highest BCUT2D eigenvalue weighted by Gasteiger charge is 1.88. The van der Waals surface area contributed by atoms with Gasteiger partial charge in [-0.15, -0.1) is 11.8 Å². The molecule has 0 spiro atoms. The maximum Gasteiger partial charge on any atom is 0.0514 e. The molecule has 0 rings (SSSR count). The van der Waals surface area contributed by atoms with Gasteiger partial charge in [-0.1, -0.05) is 0 Å². The highest BCUT2D eigenvalue weighted by Crippen LogP contribution is 2.07. The molecule has 4 nitrogen and oxygen atoms in total. The van der Waals surface area contributed by atoms with Gasteiger partial charge in [0, 0.05) is 37.0 Å². The molecule has 0 heterocycles. The first kappa shape index (κ1) is 14.3. The molecule has 5 heteroatoms. The molecule has 0 saturated heterocycles. The van der Waals surface area contributed by atoms with Crippen molar-refractivity contribution in [2.24, 2.45) is 9.98 Å². The predicted octanol–water partition coefficient (Wildman–Crippen LogP) is 0.771. The Labute approximate surface area is 96.3 Å². The van der Waals surface area contributed by atoms with Crippen LogP contribution in [0.4, 0.5) is 0 Å². The third-order valence-corrected chi connectivity index (χ3v) is 2.32. The summed E-state index contributed by atoms with van der Waals surface area (Å²) in [6.07, 6.45) is 5.54. The zero-order chi connectivity index (χ0) is 11.4. The van der Waals surface area contributed by atoms with Gasteiger partial charge in [0.05, 0.1) is 6.54 Å². The standard InChI is InChI=1S/C10H20N4S/c1-11-4-5-13-6-7-14-9-10(15-3)8-12-2/h8-9,11,13H,2,4-7H2,1,3H3/b10-8+,14-9?. The lowest BCUT2D eigenvalue weighted by Crippen LogP contribution is -2.26. The summed E-state index contributed by atoms with van der Waals surface area (Å²) in [6, 6.07) is 0. The Balaban J connectivity index is 3.52. The molecular formula is C10H20N4S. The van der Waals surface area contributed by atoms with Crippen LogP contribution in [-0.4, -0.2) is 52.4 Å². The molecule has 0 aromatic carbocycles. The van der Waals surface area contributed by atoms with Gasteiger partial charge in [0.15, 0.2) is 0 Å². The van der Waals surface area contributed by atoms with Gasteiger partial charge < -0.3 is 10.6 Å². The van der Waals surface area contributed by atoms with Crippen LogP contribution in [0.3, 0.4) is 0 Å². The van der Waals surface area contributed by atoms with Gasteiger partial charge >= 0.3 is 0 Å². The van der Waals surface area contributed by atoms with Gasteiger partial charge in [-0.2, -0.15) is 0 Å². The van der Waals surface area contributed by atoms with Gasteiger partial charge in [0.1, 0.15) is 0 Å². The fourth-order valence-corrected chi connectivity index (χ4v) is 1.23. The first-order valence-electron chi connectivity index (χ1n) is 4.90. The van der Waals surface area contributed by atoms with Crippen molar-refractivity contribution in [3.05, 3.63) is 11.1 Å². The van der Waals surface area contributed by atoms with Crippen molar-refractivity contribution in [2.75, 3.05) is 39.5 Å². The smallest absolute Gasteiger partial charge is 0.0514 e. The van der Waals surface area contributed by atoms with E-state index in [0.29, 0.717) is 0 Å². The molecule has 0 aliphatic rings. The van der Waals surface area contributed by atoms with E-state index in [4.69, 9.17) is 0 Å². The lowest BCUT2D eigenvalue weighted by molar-refractivity contribution is 0.655. The first-order valence-corrected chi connectivity index (χ1v) is 6.12. The molecule has 86 valence electrons. The first-order chi connectivity index (χ1) is 7.35. The van der Waals surface area contributed by atoms with Crippen LogP contribution in [0.2, 0.25) is 0 Å². The second kappa shape index (κ2) is 11.4. The van der Waals surface area contributed by atoms with E-state index in [2.05, 4.69) is 27.3 Å². The van der Waals surface area contributed by atoms with E-state index in [0.717, 1.165) is 31.1 Å². The van der Waals surface area contributed by atoms with Crippen molar-refractivity contribution in [1.29, 1.82) is 0 Å². The van der Waals surface area contributed by atoms with Gasteiger partial charge in [0.2, 0.25) is 0 Å². The minimum atomic E-state index is 0.790. The number of rotatable bonds is 9.